The molecule has 0 atom stereocenters. The zero-order valence-corrected chi connectivity index (χ0v) is 25.6. The van der Waals surface area contributed by atoms with E-state index in [0.29, 0.717) is 0 Å². The number of benzene rings is 3. The summed E-state index contributed by atoms with van der Waals surface area (Å²) in [6.07, 6.45) is 19.6. The Balaban J connectivity index is 1.67. The van der Waals surface area contributed by atoms with Crippen LogP contribution in [0.5, 0.6) is 0 Å². The van der Waals surface area contributed by atoms with Crippen LogP contribution in [0.15, 0.2) is 103 Å². The Hall–Kier alpha value is -0.960. The van der Waals surface area contributed by atoms with Crippen LogP contribution < -0.4 is 15.9 Å². The molecule has 0 fully saturated rings. The van der Waals surface area contributed by atoms with Crippen LogP contribution >= 0.6 is 43.4 Å². The van der Waals surface area contributed by atoms with E-state index in [0.717, 1.165) is 6.16 Å². The molecule has 35 heavy (non-hydrogen) atoms. The van der Waals surface area contributed by atoms with E-state index in [1.165, 1.54) is 84.5 Å². The Morgan fingerprint density at radius 2 is 0.886 bits per heavy atom. The molecule has 0 heterocycles. The molecule has 0 aliphatic heterocycles. The van der Waals surface area contributed by atoms with Crippen LogP contribution in [0.25, 0.3) is 0 Å². The molecule has 0 saturated carbocycles. The number of hydrogen-bond donors (Lipinski definition) is 0. The summed E-state index contributed by atoms with van der Waals surface area (Å²) >= 11 is 7.02. The summed E-state index contributed by atoms with van der Waals surface area (Å²) in [5.74, 6) is 0. The average molecular weight is 663 g/mol. The minimum absolute atomic E-state index is 0.987. The fourth-order valence-electron chi connectivity index (χ4n) is 4.96. The van der Waals surface area contributed by atoms with Crippen molar-refractivity contribution in [1.29, 1.82) is 0 Å². The van der Waals surface area contributed by atoms with Gasteiger partial charge in [0.15, 0.2) is 0 Å². The fourth-order valence-corrected chi connectivity index (χ4v) is 12.6. The summed E-state index contributed by atoms with van der Waals surface area (Å²) in [4.78, 5) is 0. The van der Waals surface area contributed by atoms with Gasteiger partial charge in [0.1, 0.15) is 0 Å². The van der Waals surface area contributed by atoms with Gasteiger partial charge in [0, 0.05) is 0 Å². The number of unbranched alkanes of at least 4 members (excludes halogenated alkanes) is 9. The summed E-state index contributed by atoms with van der Waals surface area (Å²) in [6, 6.07) is 33.3. The summed E-state index contributed by atoms with van der Waals surface area (Å²) in [5.41, 5.74) is 0. The van der Waals surface area contributed by atoms with Gasteiger partial charge in [-0.05, 0) is 10.8 Å². The van der Waals surface area contributed by atoms with Crippen molar-refractivity contribution in [3.8, 4) is 0 Å². The molecule has 0 N–H and O–H groups in total. The Morgan fingerprint density at radius 3 is 1.29 bits per heavy atom. The summed E-state index contributed by atoms with van der Waals surface area (Å²) in [6.45, 7) is 0. The van der Waals surface area contributed by atoms with E-state index in [9.17, 15) is 0 Å². The van der Waals surface area contributed by atoms with E-state index >= 15 is 0 Å². The zero-order chi connectivity index (χ0) is 24.7. The van der Waals surface area contributed by atoms with E-state index in [1.807, 2.05) is 0 Å². The van der Waals surface area contributed by atoms with Gasteiger partial charge in [-0.25, -0.2) is 0 Å². The van der Waals surface area contributed by atoms with Crippen LogP contribution in [-0.4, -0.2) is 10.6 Å². The van der Waals surface area contributed by atoms with Crippen molar-refractivity contribution in [2.24, 2.45) is 0 Å². The van der Waals surface area contributed by atoms with E-state index in [4.69, 9.17) is 0 Å². The van der Waals surface area contributed by atoms with Gasteiger partial charge in [-0.1, -0.05) is 22.6 Å². The molecular weight excluding hydrogens is 622 g/mol. The molecule has 3 rings (SSSR count). The summed E-state index contributed by atoms with van der Waals surface area (Å²) in [7, 11) is 0. The van der Waals surface area contributed by atoms with Crippen LogP contribution in [0.1, 0.15) is 64.2 Å². The third-order valence-corrected chi connectivity index (χ3v) is 17.3. The third kappa shape index (κ3) is 7.76. The van der Waals surface area contributed by atoms with Crippen molar-refractivity contribution < 1.29 is 0 Å². The topological polar surface area (TPSA) is 0 Å². The van der Waals surface area contributed by atoms with Gasteiger partial charge in [0.2, 0.25) is 0 Å². The second-order valence-corrected chi connectivity index (χ2v) is 19.6. The van der Waals surface area contributed by atoms with Crippen molar-refractivity contribution in [2.75, 3.05) is 10.6 Å². The maximum atomic E-state index is 4.53. The average Bonchev–Trinajstić information content (AvgIpc) is 2.93. The van der Waals surface area contributed by atoms with Crippen molar-refractivity contribution in [1.82, 2.24) is 0 Å². The quantitative estimate of drug-likeness (QED) is 0.0471. The third-order valence-electron chi connectivity index (χ3n) is 7.00. The van der Waals surface area contributed by atoms with Crippen molar-refractivity contribution in [2.45, 2.75) is 64.2 Å². The Labute approximate surface area is 235 Å². The molecule has 0 radical (unpaired) electrons. The first-order valence-corrected chi connectivity index (χ1v) is 19.3. The first kappa shape index (κ1) is 28.6. The monoisotopic (exact) mass is 662 g/mol. The molecule has 188 valence electrons. The van der Waals surface area contributed by atoms with Gasteiger partial charge < -0.3 is 0 Å². The Bertz CT molecular complexity index is 888. The van der Waals surface area contributed by atoms with E-state index in [1.54, 1.807) is 0 Å². The van der Waals surface area contributed by atoms with Crippen molar-refractivity contribution in [3.05, 3.63) is 103 Å². The molecular formula is C32H41BrIP. The molecule has 0 bridgehead atoms. The van der Waals surface area contributed by atoms with Crippen LogP contribution in [0.3, 0.4) is 0 Å². The van der Waals surface area contributed by atoms with E-state index < -0.39 is 5.31 Å². The molecule has 3 aromatic rings. The van der Waals surface area contributed by atoms with Gasteiger partial charge in [0.05, 0.1) is 0 Å². The number of alkyl halides is 1. The molecule has 0 spiro atoms. The van der Waals surface area contributed by atoms with Crippen LogP contribution in [-0.2, 0) is 0 Å². The van der Waals surface area contributed by atoms with Crippen LogP contribution in [0, 0.1) is 0 Å². The summed E-state index contributed by atoms with van der Waals surface area (Å²) < 4.78 is 1.31. The van der Waals surface area contributed by atoms with Gasteiger partial charge in [-0.15, -0.1) is 0 Å². The molecule has 0 saturated heterocycles. The molecule has 3 heteroatoms. The molecule has 3 aromatic carbocycles. The number of hydrogen-bond acceptors (Lipinski definition) is 0. The summed E-state index contributed by atoms with van der Waals surface area (Å²) in [5, 5.41) is 1.35. The normalized spacial score (nSPS) is 13.0. The number of allylic oxidation sites excluding steroid dienone is 2. The van der Waals surface area contributed by atoms with Gasteiger partial charge in [0.25, 0.3) is 0 Å². The maximum absolute atomic E-state index is 4.53. The number of rotatable bonds is 16. The molecule has 0 unspecified atom stereocenters. The van der Waals surface area contributed by atoms with Crippen LogP contribution in [0.4, 0.5) is 0 Å². The van der Waals surface area contributed by atoms with E-state index in [-0.39, 0.29) is 0 Å². The molecule has 0 amide bonds. The standard InChI is InChI=1S/C32H41BrIP/c33-35(30-22-14-11-15-23-30,31-24-16-12-17-25-31,32-26-18-13-19-27-32)29-21-10-8-6-4-2-1-3-5-7-9-20-28-34/h10-19,21-27H,1-9,20,28-29H2. The number of halogens is 2. The van der Waals surface area contributed by atoms with Crippen molar-refractivity contribution in [3.63, 3.8) is 0 Å². The van der Waals surface area contributed by atoms with Crippen molar-refractivity contribution >= 4 is 59.3 Å². The SMILES string of the molecule is BrP(CC=CCCCCCCCCCCCI)(c1ccccc1)(c1ccccc1)c1ccccc1. The Kier molecular flexibility index (Phi) is 12.5. The molecule has 0 aliphatic carbocycles. The second-order valence-electron chi connectivity index (χ2n) is 9.50. The molecule has 0 nitrogen and oxygen atoms in total. The second kappa shape index (κ2) is 15.3. The minimum atomic E-state index is -2.81. The fraction of sp³-hybridized carbons (Fsp3) is 0.375. The van der Waals surface area contributed by atoms with Gasteiger partial charge >= 0.3 is 204 Å². The van der Waals surface area contributed by atoms with E-state index in [2.05, 4.69) is 141 Å². The zero-order valence-electron chi connectivity index (χ0n) is 21.0. The first-order valence-electron chi connectivity index (χ1n) is 13.3. The van der Waals surface area contributed by atoms with Gasteiger partial charge in [-0.2, -0.15) is 0 Å². The predicted octanol–water partition coefficient (Wildman–Crippen LogP) is 9.72. The molecule has 0 aromatic heterocycles. The van der Waals surface area contributed by atoms with Crippen LogP contribution in [0.2, 0.25) is 0 Å². The first-order chi connectivity index (χ1) is 17.2. The predicted molar refractivity (Wildman–Crippen MR) is 173 cm³/mol. The van der Waals surface area contributed by atoms with Gasteiger partial charge in [-0.3, -0.25) is 0 Å². The molecule has 0 aliphatic rings. The Morgan fingerprint density at radius 1 is 0.514 bits per heavy atom.